The first kappa shape index (κ1) is 22.5. The van der Waals surface area contributed by atoms with E-state index in [-0.39, 0.29) is 17.2 Å². The third kappa shape index (κ3) is 5.37. The van der Waals surface area contributed by atoms with Gasteiger partial charge in [0.05, 0.1) is 11.3 Å². The lowest BCUT2D eigenvalue weighted by Gasteiger charge is -2.30. The SMILES string of the molecule is NS(=O)(=O)c1cc(NC(=O)Cc2ccccc2Cl)cc2c1CCN(Cc1ccccc1)C2. The molecule has 1 aliphatic heterocycles. The molecule has 0 aliphatic carbocycles. The highest BCUT2D eigenvalue weighted by Gasteiger charge is 2.25. The van der Waals surface area contributed by atoms with E-state index in [1.807, 2.05) is 30.3 Å². The fraction of sp³-hybridized carbons (Fsp3) is 0.208. The summed E-state index contributed by atoms with van der Waals surface area (Å²) >= 11 is 6.15. The highest BCUT2D eigenvalue weighted by Crippen LogP contribution is 2.30. The first-order chi connectivity index (χ1) is 15.3. The summed E-state index contributed by atoms with van der Waals surface area (Å²) in [7, 11) is -3.94. The molecule has 8 heteroatoms. The van der Waals surface area contributed by atoms with Crippen LogP contribution in [0.15, 0.2) is 71.6 Å². The first-order valence-electron chi connectivity index (χ1n) is 10.3. The zero-order valence-electron chi connectivity index (χ0n) is 17.4. The Labute approximate surface area is 193 Å². The van der Waals surface area contributed by atoms with Gasteiger partial charge in [0.2, 0.25) is 15.9 Å². The van der Waals surface area contributed by atoms with E-state index >= 15 is 0 Å². The zero-order valence-corrected chi connectivity index (χ0v) is 19.0. The Bertz CT molecular complexity index is 1250. The smallest absolute Gasteiger partial charge is 0.238 e. The van der Waals surface area contributed by atoms with Gasteiger partial charge >= 0.3 is 0 Å². The molecule has 1 aliphatic rings. The van der Waals surface area contributed by atoms with Crippen LogP contribution in [0.25, 0.3) is 0 Å². The largest absolute Gasteiger partial charge is 0.326 e. The number of carbonyl (C=O) groups excluding carboxylic acids is 1. The molecule has 4 rings (SSSR count). The second kappa shape index (κ2) is 9.42. The Kier molecular flexibility index (Phi) is 6.62. The maximum Gasteiger partial charge on any atom is 0.238 e. The standard InChI is InChI=1S/C24H24ClN3O3S/c25-22-9-5-4-8-18(22)13-24(29)27-20-12-19-16-28(15-17-6-2-1-3-7-17)11-10-21(19)23(14-20)32(26,30)31/h1-9,12,14H,10-11,13,15-16H2,(H,27,29)(H2,26,30,31). The molecule has 0 radical (unpaired) electrons. The maximum atomic E-state index is 12.6. The molecule has 32 heavy (non-hydrogen) atoms. The number of nitrogens with two attached hydrogens (primary N) is 1. The number of halogens is 1. The molecule has 1 amide bonds. The maximum absolute atomic E-state index is 12.6. The van der Waals surface area contributed by atoms with Crippen molar-refractivity contribution in [1.29, 1.82) is 0 Å². The number of primary sulfonamides is 1. The number of anilines is 1. The van der Waals surface area contributed by atoms with Crippen LogP contribution in [0.4, 0.5) is 5.69 Å². The fourth-order valence-corrected chi connectivity index (χ4v) is 5.11. The number of sulfonamides is 1. The lowest BCUT2D eigenvalue weighted by atomic mass is 9.98. The molecule has 6 nitrogen and oxygen atoms in total. The summed E-state index contributed by atoms with van der Waals surface area (Å²) in [5, 5.41) is 8.83. The van der Waals surface area contributed by atoms with Gasteiger partial charge in [-0.2, -0.15) is 0 Å². The lowest BCUT2D eigenvalue weighted by Crippen LogP contribution is -2.32. The first-order valence-corrected chi connectivity index (χ1v) is 12.2. The van der Waals surface area contributed by atoms with Crippen molar-refractivity contribution in [2.45, 2.75) is 30.8 Å². The molecule has 1 heterocycles. The van der Waals surface area contributed by atoms with Crippen molar-refractivity contribution in [3.63, 3.8) is 0 Å². The summed E-state index contributed by atoms with van der Waals surface area (Å²) in [4.78, 5) is 14.9. The van der Waals surface area contributed by atoms with Gasteiger partial charge in [-0.05, 0) is 46.9 Å². The van der Waals surface area contributed by atoms with E-state index in [1.165, 1.54) is 11.6 Å². The Morgan fingerprint density at radius 3 is 2.50 bits per heavy atom. The molecule has 166 valence electrons. The number of nitrogens with zero attached hydrogens (tertiary/aromatic N) is 1. The van der Waals surface area contributed by atoms with E-state index in [1.54, 1.807) is 18.2 Å². The minimum Gasteiger partial charge on any atom is -0.326 e. The second-order valence-corrected chi connectivity index (χ2v) is 9.86. The normalized spacial score (nSPS) is 14.1. The van der Waals surface area contributed by atoms with Crippen LogP contribution in [0.3, 0.4) is 0 Å². The third-order valence-corrected chi connectivity index (χ3v) is 6.87. The van der Waals surface area contributed by atoms with Crippen molar-refractivity contribution < 1.29 is 13.2 Å². The average molecular weight is 470 g/mol. The van der Waals surface area contributed by atoms with Crippen molar-refractivity contribution in [2.75, 3.05) is 11.9 Å². The number of benzene rings is 3. The minimum absolute atomic E-state index is 0.0717. The Hall–Kier alpha value is -2.71. The van der Waals surface area contributed by atoms with E-state index in [0.29, 0.717) is 29.2 Å². The van der Waals surface area contributed by atoms with E-state index < -0.39 is 10.0 Å². The number of nitrogens with one attached hydrogen (secondary N) is 1. The number of hydrogen-bond acceptors (Lipinski definition) is 4. The molecule has 0 aromatic heterocycles. The Balaban J connectivity index is 1.58. The second-order valence-electron chi connectivity index (χ2n) is 7.92. The van der Waals surface area contributed by atoms with Gasteiger partial charge in [-0.3, -0.25) is 9.69 Å². The predicted molar refractivity (Wildman–Crippen MR) is 126 cm³/mol. The summed E-state index contributed by atoms with van der Waals surface area (Å²) in [6, 6.07) is 20.5. The fourth-order valence-electron chi connectivity index (χ4n) is 4.04. The molecule has 3 aromatic rings. The van der Waals surface area contributed by atoms with Gasteiger partial charge in [0.15, 0.2) is 0 Å². The van der Waals surface area contributed by atoms with Crippen molar-refractivity contribution in [3.05, 3.63) is 94.0 Å². The van der Waals surface area contributed by atoms with Gasteiger partial charge in [-0.15, -0.1) is 0 Å². The van der Waals surface area contributed by atoms with Gasteiger partial charge in [-0.25, -0.2) is 13.6 Å². The zero-order chi connectivity index (χ0) is 22.7. The number of carbonyl (C=O) groups is 1. The van der Waals surface area contributed by atoms with E-state index in [0.717, 1.165) is 24.2 Å². The summed E-state index contributed by atoms with van der Waals surface area (Å²) < 4.78 is 24.6. The topological polar surface area (TPSA) is 92.5 Å². The van der Waals surface area contributed by atoms with Crippen LogP contribution in [0.1, 0.15) is 22.3 Å². The number of fused-ring (bicyclic) bond motifs is 1. The van der Waals surface area contributed by atoms with E-state index in [2.05, 4.69) is 22.3 Å². The van der Waals surface area contributed by atoms with Crippen molar-refractivity contribution >= 4 is 33.2 Å². The van der Waals surface area contributed by atoms with Crippen LogP contribution in [-0.4, -0.2) is 25.8 Å². The van der Waals surface area contributed by atoms with Crippen LogP contribution in [0, 0.1) is 0 Å². The highest BCUT2D eigenvalue weighted by molar-refractivity contribution is 7.89. The summed E-state index contributed by atoms with van der Waals surface area (Å²) in [6.07, 6.45) is 0.656. The monoisotopic (exact) mass is 469 g/mol. The summed E-state index contributed by atoms with van der Waals surface area (Å²) in [5.74, 6) is -0.282. The van der Waals surface area contributed by atoms with E-state index in [4.69, 9.17) is 16.7 Å². The van der Waals surface area contributed by atoms with Crippen LogP contribution < -0.4 is 10.5 Å². The van der Waals surface area contributed by atoms with Crippen LogP contribution in [0.2, 0.25) is 5.02 Å². The molecule has 3 aromatic carbocycles. The quantitative estimate of drug-likeness (QED) is 0.575. The minimum atomic E-state index is -3.94. The van der Waals surface area contributed by atoms with Crippen molar-refractivity contribution in [1.82, 2.24) is 4.90 Å². The average Bonchev–Trinajstić information content (AvgIpc) is 2.75. The molecular formula is C24H24ClN3O3S. The van der Waals surface area contributed by atoms with Gasteiger partial charge in [0.1, 0.15) is 0 Å². The van der Waals surface area contributed by atoms with Crippen LogP contribution in [-0.2, 0) is 40.7 Å². The summed E-state index contributed by atoms with van der Waals surface area (Å²) in [5.41, 5.74) is 3.87. The van der Waals surface area contributed by atoms with Crippen molar-refractivity contribution in [3.8, 4) is 0 Å². The number of hydrogen-bond donors (Lipinski definition) is 2. The molecule has 0 spiro atoms. The third-order valence-electron chi connectivity index (χ3n) is 5.52. The lowest BCUT2D eigenvalue weighted by molar-refractivity contribution is -0.115. The van der Waals surface area contributed by atoms with Gasteiger partial charge in [0, 0.05) is 30.3 Å². The molecule has 0 saturated heterocycles. The molecule has 3 N–H and O–H groups in total. The van der Waals surface area contributed by atoms with Crippen LogP contribution in [0.5, 0.6) is 0 Å². The molecule has 0 unspecified atom stereocenters. The molecular weight excluding hydrogens is 446 g/mol. The Morgan fingerprint density at radius 2 is 1.78 bits per heavy atom. The summed E-state index contributed by atoms with van der Waals surface area (Å²) in [6.45, 7) is 2.05. The molecule has 0 atom stereocenters. The van der Waals surface area contributed by atoms with Gasteiger partial charge in [-0.1, -0.05) is 60.1 Å². The van der Waals surface area contributed by atoms with Gasteiger partial charge in [0.25, 0.3) is 0 Å². The van der Waals surface area contributed by atoms with E-state index in [9.17, 15) is 13.2 Å². The Morgan fingerprint density at radius 1 is 1.06 bits per heavy atom. The van der Waals surface area contributed by atoms with Crippen molar-refractivity contribution in [2.24, 2.45) is 5.14 Å². The molecule has 0 bridgehead atoms. The molecule has 0 saturated carbocycles. The number of amides is 1. The molecule has 0 fully saturated rings. The van der Waals surface area contributed by atoms with Gasteiger partial charge < -0.3 is 5.32 Å². The number of rotatable bonds is 6. The highest BCUT2D eigenvalue weighted by atomic mass is 35.5. The predicted octanol–water partition coefficient (Wildman–Crippen LogP) is 3.73. The van der Waals surface area contributed by atoms with Crippen LogP contribution >= 0.6 is 11.6 Å².